The number of nitrogens with one attached hydrogen (secondary N) is 2. The molecule has 1 aliphatic heterocycles. The number of methoxy groups -OCH3 is 1. The Morgan fingerprint density at radius 1 is 1.34 bits per heavy atom. The molecule has 2 heterocycles. The van der Waals surface area contributed by atoms with Crippen molar-refractivity contribution in [3.63, 3.8) is 0 Å². The zero-order valence-corrected chi connectivity index (χ0v) is 16.3. The van der Waals surface area contributed by atoms with Crippen molar-refractivity contribution in [2.75, 3.05) is 25.1 Å². The Balaban J connectivity index is 1.46. The molecule has 3 aromatic rings. The van der Waals surface area contributed by atoms with Crippen LogP contribution >= 0.6 is 11.6 Å². The third-order valence-electron chi connectivity index (χ3n) is 4.97. The summed E-state index contributed by atoms with van der Waals surface area (Å²) < 4.78 is 31.0. The van der Waals surface area contributed by atoms with Crippen molar-refractivity contribution in [3.8, 4) is 5.75 Å². The quantitative estimate of drug-likeness (QED) is 0.650. The fraction of sp³-hybridized carbons (Fsp3) is 0.300. The molecule has 6 nitrogen and oxygen atoms in total. The molecule has 1 amide bonds. The molecule has 0 aliphatic carbocycles. The highest BCUT2D eigenvalue weighted by molar-refractivity contribution is 6.31. The van der Waals surface area contributed by atoms with Crippen molar-refractivity contribution in [1.82, 2.24) is 15.3 Å². The average Bonchev–Trinajstić information content (AvgIpc) is 3.34. The lowest BCUT2D eigenvalue weighted by Crippen LogP contribution is -2.37. The number of nitrogens with zero attached hydrogens (tertiary/aromatic N) is 2. The molecule has 2 N–H and O–H groups in total. The van der Waals surface area contributed by atoms with Crippen LogP contribution in [-0.4, -0.2) is 42.1 Å². The number of hydrogen-bond acceptors (Lipinski definition) is 4. The third kappa shape index (κ3) is 3.98. The van der Waals surface area contributed by atoms with Gasteiger partial charge < -0.3 is 19.9 Å². The van der Waals surface area contributed by atoms with Gasteiger partial charge in [0.1, 0.15) is 5.75 Å². The minimum absolute atomic E-state index is 0.0553. The standard InChI is InChI=1S/C20H19ClF2N4O2/c1-29-17-5-3-12(21)9-16(17)27-7-6-13(10-27)24-20(28)11-2-4-14-15(8-11)26-19(25-14)18(22)23/h2-5,8-9,13,18H,6-7,10H2,1H3,(H,24,28)(H,25,26). The van der Waals surface area contributed by atoms with Crippen LogP contribution in [0.5, 0.6) is 5.75 Å². The lowest BCUT2D eigenvalue weighted by Gasteiger charge is -2.21. The van der Waals surface area contributed by atoms with Crippen LogP contribution in [0.2, 0.25) is 5.02 Å². The van der Waals surface area contributed by atoms with Gasteiger partial charge in [0.25, 0.3) is 12.3 Å². The van der Waals surface area contributed by atoms with Crippen LogP contribution in [0.25, 0.3) is 11.0 Å². The molecule has 1 aromatic heterocycles. The summed E-state index contributed by atoms with van der Waals surface area (Å²) in [7, 11) is 1.60. The number of amides is 1. The van der Waals surface area contributed by atoms with E-state index in [9.17, 15) is 13.6 Å². The van der Waals surface area contributed by atoms with Gasteiger partial charge in [-0.25, -0.2) is 13.8 Å². The van der Waals surface area contributed by atoms with E-state index >= 15 is 0 Å². The Morgan fingerprint density at radius 3 is 2.93 bits per heavy atom. The number of aromatic amines is 1. The molecule has 1 saturated heterocycles. The molecule has 0 bridgehead atoms. The number of H-pyrrole nitrogens is 1. The smallest absolute Gasteiger partial charge is 0.295 e. The number of carbonyl (C=O) groups is 1. The second-order valence-corrected chi connectivity index (χ2v) is 7.31. The summed E-state index contributed by atoms with van der Waals surface area (Å²) in [6.45, 7) is 1.36. The maximum atomic E-state index is 12.8. The first kappa shape index (κ1) is 19.4. The van der Waals surface area contributed by atoms with Crippen LogP contribution in [0.4, 0.5) is 14.5 Å². The predicted octanol–water partition coefficient (Wildman–Crippen LogP) is 4.17. The number of ether oxygens (including phenoxy) is 1. The van der Waals surface area contributed by atoms with E-state index in [2.05, 4.69) is 20.2 Å². The molecule has 1 aliphatic rings. The minimum atomic E-state index is -2.69. The summed E-state index contributed by atoms with van der Waals surface area (Å²) in [5.41, 5.74) is 2.08. The fourth-order valence-electron chi connectivity index (χ4n) is 3.55. The molecule has 152 valence electrons. The molecule has 1 atom stereocenters. The van der Waals surface area contributed by atoms with Gasteiger partial charge in [0.05, 0.1) is 23.8 Å². The van der Waals surface area contributed by atoms with Crippen molar-refractivity contribution in [1.29, 1.82) is 0 Å². The SMILES string of the molecule is COc1ccc(Cl)cc1N1CCC(NC(=O)c2ccc3nc(C(F)F)[nH]c3c2)C1. The summed E-state index contributed by atoms with van der Waals surface area (Å²) in [6, 6.07) is 10.1. The molecule has 1 fully saturated rings. The molecular weight excluding hydrogens is 402 g/mol. The lowest BCUT2D eigenvalue weighted by molar-refractivity contribution is 0.0940. The van der Waals surface area contributed by atoms with Crippen molar-refractivity contribution in [2.24, 2.45) is 0 Å². The van der Waals surface area contributed by atoms with E-state index in [0.717, 1.165) is 24.4 Å². The zero-order chi connectivity index (χ0) is 20.5. The van der Waals surface area contributed by atoms with E-state index in [1.807, 2.05) is 12.1 Å². The molecular formula is C20H19ClF2N4O2. The van der Waals surface area contributed by atoms with Crippen LogP contribution in [0.3, 0.4) is 0 Å². The highest BCUT2D eigenvalue weighted by Gasteiger charge is 2.26. The van der Waals surface area contributed by atoms with Crippen LogP contribution in [-0.2, 0) is 0 Å². The monoisotopic (exact) mass is 420 g/mol. The summed E-state index contributed by atoms with van der Waals surface area (Å²) in [5, 5.41) is 3.62. The van der Waals surface area contributed by atoms with E-state index < -0.39 is 12.2 Å². The van der Waals surface area contributed by atoms with Gasteiger partial charge in [-0.15, -0.1) is 0 Å². The molecule has 1 unspecified atom stereocenters. The van der Waals surface area contributed by atoms with Crippen molar-refractivity contribution in [2.45, 2.75) is 18.9 Å². The Hall–Kier alpha value is -2.87. The van der Waals surface area contributed by atoms with Gasteiger partial charge in [-0.2, -0.15) is 0 Å². The number of hydrogen-bond donors (Lipinski definition) is 2. The lowest BCUT2D eigenvalue weighted by atomic mass is 10.1. The van der Waals surface area contributed by atoms with Gasteiger partial charge in [-0.3, -0.25) is 4.79 Å². The van der Waals surface area contributed by atoms with Crippen LogP contribution in [0, 0.1) is 0 Å². The van der Waals surface area contributed by atoms with Crippen LogP contribution in [0.1, 0.15) is 29.0 Å². The Kier molecular flexibility index (Phi) is 5.27. The number of benzene rings is 2. The molecule has 2 aromatic carbocycles. The summed E-state index contributed by atoms with van der Waals surface area (Å²) in [6.07, 6.45) is -1.92. The van der Waals surface area contributed by atoms with Crippen molar-refractivity contribution >= 4 is 34.2 Å². The van der Waals surface area contributed by atoms with Crippen molar-refractivity contribution in [3.05, 3.63) is 52.8 Å². The normalized spacial score (nSPS) is 16.6. The molecule has 0 radical (unpaired) electrons. The number of anilines is 1. The first-order valence-electron chi connectivity index (χ1n) is 9.12. The van der Waals surface area contributed by atoms with Crippen LogP contribution in [0.15, 0.2) is 36.4 Å². The topological polar surface area (TPSA) is 70.2 Å². The largest absolute Gasteiger partial charge is 0.495 e. The predicted molar refractivity (Wildman–Crippen MR) is 107 cm³/mol. The maximum Gasteiger partial charge on any atom is 0.295 e. The number of imidazole rings is 1. The summed E-state index contributed by atoms with van der Waals surface area (Å²) >= 11 is 6.11. The fourth-order valence-corrected chi connectivity index (χ4v) is 3.72. The second kappa shape index (κ2) is 7.87. The zero-order valence-electron chi connectivity index (χ0n) is 15.6. The number of rotatable bonds is 5. The number of carbonyl (C=O) groups excluding carboxylic acids is 1. The third-order valence-corrected chi connectivity index (χ3v) is 5.21. The Morgan fingerprint density at radius 2 is 2.17 bits per heavy atom. The van der Waals surface area contributed by atoms with E-state index in [1.165, 1.54) is 6.07 Å². The van der Waals surface area contributed by atoms with Gasteiger partial charge in [-0.1, -0.05) is 11.6 Å². The Labute approximate surface area is 170 Å². The second-order valence-electron chi connectivity index (χ2n) is 6.88. The Bertz CT molecular complexity index is 1060. The van der Waals surface area contributed by atoms with Gasteiger partial charge >= 0.3 is 0 Å². The number of aromatic nitrogens is 2. The summed E-state index contributed by atoms with van der Waals surface area (Å²) in [4.78, 5) is 21.1. The van der Waals surface area contributed by atoms with E-state index in [-0.39, 0.29) is 11.9 Å². The van der Waals surface area contributed by atoms with Gasteiger partial charge in [0, 0.05) is 29.7 Å². The highest BCUT2D eigenvalue weighted by Crippen LogP contribution is 2.33. The first-order valence-corrected chi connectivity index (χ1v) is 9.49. The molecule has 4 rings (SSSR count). The summed E-state index contributed by atoms with van der Waals surface area (Å²) in [5.74, 6) is 0.0605. The van der Waals surface area contributed by atoms with E-state index in [1.54, 1.807) is 25.3 Å². The number of halogens is 3. The van der Waals surface area contributed by atoms with E-state index in [0.29, 0.717) is 28.2 Å². The minimum Gasteiger partial charge on any atom is -0.495 e. The highest BCUT2D eigenvalue weighted by atomic mass is 35.5. The number of fused-ring (bicyclic) bond motifs is 1. The number of alkyl halides is 2. The maximum absolute atomic E-state index is 12.8. The van der Waals surface area contributed by atoms with E-state index in [4.69, 9.17) is 16.3 Å². The molecule has 9 heteroatoms. The van der Waals surface area contributed by atoms with Crippen molar-refractivity contribution < 1.29 is 18.3 Å². The first-order chi connectivity index (χ1) is 13.9. The molecule has 29 heavy (non-hydrogen) atoms. The van der Waals surface area contributed by atoms with Gasteiger partial charge in [0.2, 0.25) is 0 Å². The van der Waals surface area contributed by atoms with Gasteiger partial charge in [-0.05, 0) is 42.8 Å². The molecule has 0 spiro atoms. The average molecular weight is 421 g/mol. The van der Waals surface area contributed by atoms with Gasteiger partial charge in [0.15, 0.2) is 5.82 Å². The molecule has 0 saturated carbocycles. The van der Waals surface area contributed by atoms with Crippen LogP contribution < -0.4 is 15.0 Å².